The van der Waals surface area contributed by atoms with Crippen molar-refractivity contribution in [1.82, 2.24) is 4.57 Å². The summed E-state index contributed by atoms with van der Waals surface area (Å²) >= 11 is 0. The Kier molecular flexibility index (Phi) is 9.41. The summed E-state index contributed by atoms with van der Waals surface area (Å²) in [4.78, 5) is 4.96. The molecular weight excluding hydrogens is 859 g/mol. The number of hydrogen-bond donors (Lipinski definition) is 0. The van der Waals surface area contributed by atoms with Gasteiger partial charge in [-0.15, -0.1) is 0 Å². The van der Waals surface area contributed by atoms with E-state index >= 15 is 0 Å². The van der Waals surface area contributed by atoms with Gasteiger partial charge in [0.25, 0.3) is 0 Å². The van der Waals surface area contributed by atoms with Crippen LogP contribution in [0.3, 0.4) is 0 Å². The SMILES string of the molecule is CC1(C)c2ccccc2-c2ccc(N(c3ccc(-c4ccccc4)cc3)c3ccc4c(c3)c3cc(-c5ccc6c(c5)C5(CCCC5)c5ccccc5N6c5ccccc5)ccc3n4-c3ccccc3)cc21. The summed E-state index contributed by atoms with van der Waals surface area (Å²) in [6, 6.07) is 88.4. The van der Waals surface area contributed by atoms with Crippen LogP contribution in [0.4, 0.5) is 34.1 Å². The monoisotopic (exact) mass is 911 g/mol. The molecule has 10 aromatic carbocycles. The highest BCUT2D eigenvalue weighted by Gasteiger charge is 2.45. The lowest BCUT2D eigenvalue weighted by molar-refractivity contribution is 0.530. The Morgan fingerprint density at radius 3 is 1.65 bits per heavy atom. The lowest BCUT2D eigenvalue weighted by Gasteiger charge is -2.44. The highest BCUT2D eigenvalue weighted by molar-refractivity contribution is 6.12. The van der Waals surface area contributed by atoms with Crippen molar-refractivity contribution in [1.29, 1.82) is 0 Å². The third-order valence-corrected chi connectivity index (χ3v) is 16.3. The van der Waals surface area contributed by atoms with Gasteiger partial charge in [0, 0.05) is 50.0 Å². The van der Waals surface area contributed by atoms with Gasteiger partial charge in [-0.05, 0) is 166 Å². The molecule has 0 unspecified atom stereocenters. The summed E-state index contributed by atoms with van der Waals surface area (Å²) in [5.74, 6) is 0. The first-order valence-electron chi connectivity index (χ1n) is 25.4. The number of hydrogen-bond acceptors (Lipinski definition) is 2. The number of para-hydroxylation sites is 3. The zero-order valence-electron chi connectivity index (χ0n) is 40.2. The lowest BCUT2D eigenvalue weighted by atomic mass is 9.69. The fraction of sp³-hybridized carbons (Fsp3) is 0.118. The van der Waals surface area contributed by atoms with Crippen molar-refractivity contribution < 1.29 is 0 Å². The molecule has 0 atom stereocenters. The number of fused-ring (bicyclic) bond motifs is 10. The zero-order valence-corrected chi connectivity index (χ0v) is 40.2. The van der Waals surface area contributed by atoms with E-state index in [-0.39, 0.29) is 10.8 Å². The lowest BCUT2D eigenvalue weighted by Crippen LogP contribution is -2.33. The van der Waals surface area contributed by atoms with E-state index in [1.165, 1.54) is 107 Å². The molecule has 3 nitrogen and oxygen atoms in total. The maximum Gasteiger partial charge on any atom is 0.0542 e. The van der Waals surface area contributed by atoms with Crippen LogP contribution < -0.4 is 9.80 Å². The van der Waals surface area contributed by atoms with Gasteiger partial charge in [0.15, 0.2) is 0 Å². The predicted octanol–water partition coefficient (Wildman–Crippen LogP) is 18.5. The normalized spacial score (nSPS) is 14.9. The summed E-state index contributed by atoms with van der Waals surface area (Å²) in [5.41, 5.74) is 23.7. The van der Waals surface area contributed by atoms with Gasteiger partial charge < -0.3 is 14.4 Å². The van der Waals surface area contributed by atoms with Crippen LogP contribution in [0, 0.1) is 0 Å². The van der Waals surface area contributed by atoms with Crippen molar-refractivity contribution in [3.8, 4) is 39.1 Å². The number of anilines is 6. The highest BCUT2D eigenvalue weighted by atomic mass is 15.2. The van der Waals surface area contributed by atoms with E-state index in [4.69, 9.17) is 0 Å². The number of rotatable bonds is 7. The van der Waals surface area contributed by atoms with Crippen molar-refractivity contribution in [3.05, 3.63) is 259 Å². The van der Waals surface area contributed by atoms with E-state index in [0.717, 1.165) is 35.6 Å². The smallest absolute Gasteiger partial charge is 0.0542 e. The summed E-state index contributed by atoms with van der Waals surface area (Å²) < 4.78 is 2.45. The quantitative estimate of drug-likeness (QED) is 0.158. The maximum atomic E-state index is 2.55. The van der Waals surface area contributed by atoms with Crippen LogP contribution in [0.15, 0.2) is 237 Å². The standard InChI is InChI=1S/C68H53N3/c1-67(2)59-25-13-12-24-55(59)56-36-34-54(45-61(56)67)69(52-32-28-47(29-33-52)46-18-6-3-7-19-46)53-35-39-64-58(44-53)57-42-48(30-37-63(57)70(64)50-20-8-4-9-21-50)49-31-38-66-62(43-49)68(40-16-17-41-68)60-26-14-15-27-65(60)71(66)51-22-10-5-11-23-51/h3-15,18-39,42-45H,16-17,40-41H2,1-2H3. The Balaban J connectivity index is 0.957. The highest BCUT2D eigenvalue weighted by Crippen LogP contribution is 2.59. The topological polar surface area (TPSA) is 11.4 Å². The third-order valence-electron chi connectivity index (χ3n) is 16.3. The molecule has 1 spiro atoms. The molecule has 14 rings (SSSR count). The molecule has 1 saturated carbocycles. The zero-order chi connectivity index (χ0) is 47.3. The molecule has 2 aliphatic carbocycles. The van der Waals surface area contributed by atoms with Gasteiger partial charge in [-0.25, -0.2) is 0 Å². The fourth-order valence-electron chi connectivity index (χ4n) is 12.9. The minimum absolute atomic E-state index is 0.0200. The molecule has 3 heteroatoms. The second-order valence-electron chi connectivity index (χ2n) is 20.5. The number of aromatic nitrogens is 1. The molecule has 340 valence electrons. The van der Waals surface area contributed by atoms with Crippen molar-refractivity contribution in [2.24, 2.45) is 0 Å². The van der Waals surface area contributed by atoms with Crippen LogP contribution in [-0.4, -0.2) is 4.57 Å². The first-order valence-corrected chi connectivity index (χ1v) is 25.4. The van der Waals surface area contributed by atoms with Crippen LogP contribution in [0.25, 0.3) is 60.9 Å². The minimum Gasteiger partial charge on any atom is -0.310 e. The summed E-state index contributed by atoms with van der Waals surface area (Å²) in [6.07, 6.45) is 4.80. The van der Waals surface area contributed by atoms with Crippen molar-refractivity contribution in [3.63, 3.8) is 0 Å². The molecule has 1 fully saturated rings. The van der Waals surface area contributed by atoms with Gasteiger partial charge in [-0.1, -0.05) is 166 Å². The number of benzene rings is 10. The molecule has 2 heterocycles. The molecule has 71 heavy (non-hydrogen) atoms. The van der Waals surface area contributed by atoms with Gasteiger partial charge in [0.1, 0.15) is 0 Å². The van der Waals surface area contributed by atoms with Crippen LogP contribution in [-0.2, 0) is 10.8 Å². The minimum atomic E-state index is -0.133. The van der Waals surface area contributed by atoms with E-state index < -0.39 is 0 Å². The average Bonchev–Trinajstić information content (AvgIpc) is 4.11. The Bertz CT molecular complexity index is 3840. The molecule has 3 aliphatic rings. The predicted molar refractivity (Wildman–Crippen MR) is 298 cm³/mol. The average molecular weight is 912 g/mol. The summed E-state index contributed by atoms with van der Waals surface area (Å²) in [6.45, 7) is 4.74. The summed E-state index contributed by atoms with van der Waals surface area (Å²) in [7, 11) is 0. The molecule has 0 saturated heterocycles. The molecule has 1 aliphatic heterocycles. The van der Waals surface area contributed by atoms with E-state index in [9.17, 15) is 0 Å². The fourth-order valence-corrected chi connectivity index (χ4v) is 12.9. The maximum absolute atomic E-state index is 2.55. The van der Waals surface area contributed by atoms with Gasteiger partial charge in [-0.3, -0.25) is 0 Å². The van der Waals surface area contributed by atoms with Crippen LogP contribution in [0.5, 0.6) is 0 Å². The van der Waals surface area contributed by atoms with Gasteiger partial charge in [0.05, 0.1) is 22.4 Å². The summed E-state index contributed by atoms with van der Waals surface area (Å²) in [5, 5.41) is 2.45. The molecule has 0 radical (unpaired) electrons. The first-order chi connectivity index (χ1) is 34.9. The van der Waals surface area contributed by atoms with Gasteiger partial charge in [-0.2, -0.15) is 0 Å². The van der Waals surface area contributed by atoms with Crippen molar-refractivity contribution in [2.75, 3.05) is 9.80 Å². The number of nitrogens with zero attached hydrogens (tertiary/aromatic N) is 3. The third kappa shape index (κ3) is 6.42. The van der Waals surface area contributed by atoms with Crippen molar-refractivity contribution >= 4 is 55.9 Å². The Labute approximate surface area is 416 Å². The molecule has 0 bridgehead atoms. The Morgan fingerprint density at radius 1 is 0.366 bits per heavy atom. The van der Waals surface area contributed by atoms with Gasteiger partial charge in [0.2, 0.25) is 0 Å². The van der Waals surface area contributed by atoms with E-state index in [0.29, 0.717) is 0 Å². The largest absolute Gasteiger partial charge is 0.310 e. The van der Waals surface area contributed by atoms with Crippen molar-refractivity contribution in [2.45, 2.75) is 50.4 Å². The molecule has 0 N–H and O–H groups in total. The van der Waals surface area contributed by atoms with Gasteiger partial charge >= 0.3 is 0 Å². The second kappa shape index (κ2) is 16.1. The van der Waals surface area contributed by atoms with Crippen LogP contribution >= 0.6 is 0 Å². The van der Waals surface area contributed by atoms with E-state index in [2.05, 4.69) is 265 Å². The molecular formula is C68H53N3. The Hall–Kier alpha value is -8.40. The Morgan fingerprint density at radius 2 is 0.887 bits per heavy atom. The van der Waals surface area contributed by atoms with Crippen LogP contribution in [0.2, 0.25) is 0 Å². The first kappa shape index (κ1) is 41.6. The van der Waals surface area contributed by atoms with E-state index in [1.807, 2.05) is 0 Å². The van der Waals surface area contributed by atoms with Crippen LogP contribution in [0.1, 0.15) is 61.8 Å². The molecule has 0 amide bonds. The molecule has 1 aromatic heterocycles. The van der Waals surface area contributed by atoms with E-state index in [1.54, 1.807) is 0 Å². The second-order valence-corrected chi connectivity index (χ2v) is 20.5. The molecule has 11 aromatic rings.